The van der Waals surface area contributed by atoms with Crippen LogP contribution in [0.1, 0.15) is 33.8 Å². The first-order chi connectivity index (χ1) is 11.9. The molecule has 0 aliphatic heterocycles. The van der Waals surface area contributed by atoms with Crippen molar-refractivity contribution in [3.8, 4) is 6.07 Å². The summed E-state index contributed by atoms with van der Waals surface area (Å²) in [7, 11) is 0. The summed E-state index contributed by atoms with van der Waals surface area (Å²) < 4.78 is 5.41. The van der Waals surface area contributed by atoms with Crippen LogP contribution in [0.25, 0.3) is 11.0 Å². The summed E-state index contributed by atoms with van der Waals surface area (Å²) in [5, 5.41) is 10.9. The molecule has 126 valence electrons. The molecule has 0 bridgehead atoms. The zero-order valence-electron chi connectivity index (χ0n) is 14.5. The standard InChI is InChI=1S/C19H17N3O2S/c1-10-5-6-15-14(7-17(23)24-18(15)11(10)2)9-25-19-16(8-20)12(3)21-13(4)22-19/h5-7H,9H2,1-4H3. The third-order valence-corrected chi connectivity index (χ3v) is 5.19. The molecule has 3 rings (SSSR count). The molecule has 0 amide bonds. The van der Waals surface area contributed by atoms with E-state index in [1.54, 1.807) is 13.8 Å². The van der Waals surface area contributed by atoms with Crippen molar-refractivity contribution < 1.29 is 4.42 Å². The number of hydrogen-bond acceptors (Lipinski definition) is 6. The van der Waals surface area contributed by atoms with Gasteiger partial charge in [0.15, 0.2) is 0 Å². The molecule has 1 aromatic carbocycles. The molecule has 0 unspecified atom stereocenters. The van der Waals surface area contributed by atoms with E-state index in [0.29, 0.717) is 33.4 Å². The summed E-state index contributed by atoms with van der Waals surface area (Å²) in [6.45, 7) is 7.54. The SMILES string of the molecule is Cc1nc(C)c(C#N)c(SCc2cc(=O)oc3c(C)c(C)ccc23)n1. The van der Waals surface area contributed by atoms with Gasteiger partial charge < -0.3 is 4.42 Å². The summed E-state index contributed by atoms with van der Waals surface area (Å²) >= 11 is 1.43. The van der Waals surface area contributed by atoms with Gasteiger partial charge in [0.1, 0.15) is 28.1 Å². The summed E-state index contributed by atoms with van der Waals surface area (Å²) in [6.07, 6.45) is 0. The molecule has 2 heterocycles. The van der Waals surface area contributed by atoms with Crippen molar-refractivity contribution in [2.45, 2.75) is 38.5 Å². The number of fused-ring (bicyclic) bond motifs is 1. The lowest BCUT2D eigenvalue weighted by Gasteiger charge is -2.10. The first kappa shape index (κ1) is 17.2. The fourth-order valence-electron chi connectivity index (χ4n) is 2.70. The normalized spacial score (nSPS) is 10.8. The maximum atomic E-state index is 12.0. The zero-order chi connectivity index (χ0) is 18.1. The van der Waals surface area contributed by atoms with Gasteiger partial charge in [0.2, 0.25) is 0 Å². The molecule has 25 heavy (non-hydrogen) atoms. The maximum Gasteiger partial charge on any atom is 0.336 e. The van der Waals surface area contributed by atoms with E-state index in [9.17, 15) is 10.1 Å². The lowest BCUT2D eigenvalue weighted by Crippen LogP contribution is -2.03. The fourth-order valence-corrected chi connectivity index (χ4v) is 3.77. The van der Waals surface area contributed by atoms with Crippen LogP contribution in [-0.4, -0.2) is 9.97 Å². The van der Waals surface area contributed by atoms with Gasteiger partial charge in [0, 0.05) is 17.2 Å². The van der Waals surface area contributed by atoms with Crippen LogP contribution in [-0.2, 0) is 5.75 Å². The quantitative estimate of drug-likeness (QED) is 0.403. The van der Waals surface area contributed by atoms with E-state index in [-0.39, 0.29) is 5.63 Å². The van der Waals surface area contributed by atoms with Crippen LogP contribution in [0.5, 0.6) is 0 Å². The van der Waals surface area contributed by atoms with Crippen molar-refractivity contribution in [3.63, 3.8) is 0 Å². The molecule has 5 nitrogen and oxygen atoms in total. The van der Waals surface area contributed by atoms with Gasteiger partial charge >= 0.3 is 5.63 Å². The van der Waals surface area contributed by atoms with Crippen LogP contribution in [0.4, 0.5) is 0 Å². The van der Waals surface area contributed by atoms with Gasteiger partial charge in [0.05, 0.1) is 5.69 Å². The first-order valence-corrected chi connectivity index (χ1v) is 8.80. The topological polar surface area (TPSA) is 79.8 Å². The summed E-state index contributed by atoms with van der Waals surface area (Å²) in [5.41, 5.74) is 4.32. The molecule has 0 saturated carbocycles. The molecular weight excluding hydrogens is 334 g/mol. The van der Waals surface area contributed by atoms with Crippen molar-refractivity contribution in [2.75, 3.05) is 0 Å². The summed E-state index contributed by atoms with van der Waals surface area (Å²) in [5.74, 6) is 1.15. The second-order valence-electron chi connectivity index (χ2n) is 5.91. The second kappa shape index (κ2) is 6.69. The Balaban J connectivity index is 2.05. The Bertz CT molecular complexity index is 1080. The van der Waals surface area contributed by atoms with Crippen molar-refractivity contribution in [2.24, 2.45) is 0 Å². The van der Waals surface area contributed by atoms with Crippen molar-refractivity contribution >= 4 is 22.7 Å². The van der Waals surface area contributed by atoms with Crippen molar-refractivity contribution in [1.82, 2.24) is 9.97 Å². The number of benzene rings is 1. The van der Waals surface area contributed by atoms with Crippen molar-refractivity contribution in [1.29, 1.82) is 5.26 Å². The lowest BCUT2D eigenvalue weighted by atomic mass is 10.0. The molecule has 0 saturated heterocycles. The smallest absolute Gasteiger partial charge is 0.336 e. The highest BCUT2D eigenvalue weighted by Crippen LogP contribution is 2.30. The predicted octanol–water partition coefficient (Wildman–Crippen LogP) is 3.98. The van der Waals surface area contributed by atoms with Gasteiger partial charge in [-0.05, 0) is 44.4 Å². The van der Waals surface area contributed by atoms with Gasteiger partial charge in [0.25, 0.3) is 0 Å². The highest BCUT2D eigenvalue weighted by atomic mass is 32.2. The number of rotatable bonds is 3. The van der Waals surface area contributed by atoms with E-state index in [4.69, 9.17) is 4.42 Å². The van der Waals surface area contributed by atoms with Crippen LogP contribution in [0, 0.1) is 39.0 Å². The molecule has 0 aliphatic rings. The van der Waals surface area contributed by atoms with Crippen LogP contribution in [0.3, 0.4) is 0 Å². The molecular formula is C19H17N3O2S. The van der Waals surface area contributed by atoms with Gasteiger partial charge in [-0.25, -0.2) is 14.8 Å². The first-order valence-electron chi connectivity index (χ1n) is 7.81. The summed E-state index contributed by atoms with van der Waals surface area (Å²) in [6, 6.07) is 7.67. The monoisotopic (exact) mass is 351 g/mol. The molecule has 6 heteroatoms. The molecule has 0 radical (unpaired) electrons. The number of hydrogen-bond donors (Lipinski definition) is 0. The minimum absolute atomic E-state index is 0.368. The zero-order valence-corrected chi connectivity index (χ0v) is 15.3. The average molecular weight is 351 g/mol. The number of nitrogens with zero attached hydrogens (tertiary/aromatic N) is 3. The molecule has 0 fully saturated rings. The number of aromatic nitrogens is 2. The average Bonchev–Trinajstić information content (AvgIpc) is 2.56. The second-order valence-corrected chi connectivity index (χ2v) is 6.88. The number of aryl methyl sites for hydroxylation is 4. The Hall–Kier alpha value is -2.65. The van der Waals surface area contributed by atoms with Gasteiger partial charge in [-0.3, -0.25) is 0 Å². The Morgan fingerprint density at radius 3 is 2.68 bits per heavy atom. The number of nitriles is 1. The molecule has 0 atom stereocenters. The van der Waals surface area contributed by atoms with E-state index in [1.165, 1.54) is 17.8 Å². The van der Waals surface area contributed by atoms with E-state index in [1.807, 2.05) is 26.0 Å². The van der Waals surface area contributed by atoms with Crippen LogP contribution < -0.4 is 5.63 Å². The van der Waals surface area contributed by atoms with E-state index >= 15 is 0 Å². The van der Waals surface area contributed by atoms with Crippen LogP contribution in [0.2, 0.25) is 0 Å². The lowest BCUT2D eigenvalue weighted by molar-refractivity contribution is 0.557. The minimum atomic E-state index is -0.368. The van der Waals surface area contributed by atoms with Crippen molar-refractivity contribution in [3.05, 3.63) is 62.4 Å². The van der Waals surface area contributed by atoms with Crippen LogP contribution >= 0.6 is 11.8 Å². The molecule has 2 aromatic heterocycles. The Morgan fingerprint density at radius 1 is 1.20 bits per heavy atom. The largest absolute Gasteiger partial charge is 0.422 e. The third-order valence-electron chi connectivity index (χ3n) is 4.16. The molecule has 3 aromatic rings. The number of thioether (sulfide) groups is 1. The van der Waals surface area contributed by atoms with Gasteiger partial charge in [-0.2, -0.15) is 5.26 Å². The Kier molecular flexibility index (Phi) is 4.60. The maximum absolute atomic E-state index is 12.0. The van der Waals surface area contributed by atoms with E-state index < -0.39 is 0 Å². The third kappa shape index (κ3) is 3.28. The highest BCUT2D eigenvalue weighted by Gasteiger charge is 2.14. The van der Waals surface area contributed by atoms with Crippen LogP contribution in [0.15, 0.2) is 32.4 Å². The molecule has 0 aliphatic carbocycles. The van der Waals surface area contributed by atoms with Gasteiger partial charge in [-0.15, -0.1) is 11.8 Å². The molecule has 0 N–H and O–H groups in total. The summed E-state index contributed by atoms with van der Waals surface area (Å²) in [4.78, 5) is 20.6. The molecule has 0 spiro atoms. The minimum Gasteiger partial charge on any atom is -0.422 e. The highest BCUT2D eigenvalue weighted by molar-refractivity contribution is 7.98. The van der Waals surface area contributed by atoms with E-state index in [0.717, 1.165) is 22.1 Å². The predicted molar refractivity (Wildman–Crippen MR) is 97.7 cm³/mol. The Labute approximate surface area is 149 Å². The van der Waals surface area contributed by atoms with E-state index in [2.05, 4.69) is 16.0 Å². The fraction of sp³-hybridized carbons (Fsp3) is 0.263. The Morgan fingerprint density at radius 2 is 1.96 bits per heavy atom. The van der Waals surface area contributed by atoms with Gasteiger partial charge in [-0.1, -0.05) is 12.1 Å².